The van der Waals surface area contributed by atoms with Crippen molar-refractivity contribution >= 4 is 0 Å². The normalized spacial score (nSPS) is 47.9. The van der Waals surface area contributed by atoms with E-state index in [2.05, 4.69) is 20.8 Å². The summed E-state index contributed by atoms with van der Waals surface area (Å²) in [5, 5.41) is 19.5. The highest BCUT2D eigenvalue weighted by Crippen LogP contribution is 2.69. The van der Waals surface area contributed by atoms with Gasteiger partial charge in [0.1, 0.15) is 0 Å². The summed E-state index contributed by atoms with van der Waals surface area (Å²) < 4.78 is 0. The predicted octanol–water partition coefficient (Wildman–Crippen LogP) is 2.11. The van der Waals surface area contributed by atoms with E-state index in [0.29, 0.717) is 5.92 Å². The molecule has 86 valence electrons. The summed E-state index contributed by atoms with van der Waals surface area (Å²) in [6.45, 7) is 6.76. The van der Waals surface area contributed by atoms with Gasteiger partial charge in [-0.25, -0.2) is 0 Å². The molecule has 2 N–H and O–H groups in total. The first kappa shape index (κ1) is 11.2. The smallest absolute Gasteiger partial charge is 0.0889 e. The minimum Gasteiger partial charge on any atom is -0.392 e. The lowest BCUT2D eigenvalue weighted by Gasteiger charge is -2.43. The molecule has 2 heteroatoms. The maximum atomic E-state index is 10.7. The molecule has 2 aliphatic carbocycles. The van der Waals surface area contributed by atoms with Gasteiger partial charge in [-0.15, -0.1) is 0 Å². The van der Waals surface area contributed by atoms with E-state index in [1.54, 1.807) is 6.08 Å². The molecule has 2 rings (SSSR count). The molecule has 0 unspecified atom stereocenters. The van der Waals surface area contributed by atoms with Crippen LogP contribution in [0.1, 0.15) is 40.0 Å². The predicted molar refractivity (Wildman–Crippen MR) is 60.4 cm³/mol. The van der Waals surface area contributed by atoms with Gasteiger partial charge in [-0.1, -0.05) is 32.9 Å². The quantitative estimate of drug-likeness (QED) is 0.685. The fourth-order valence-electron chi connectivity index (χ4n) is 3.83. The van der Waals surface area contributed by atoms with Gasteiger partial charge >= 0.3 is 0 Å². The van der Waals surface area contributed by atoms with Crippen molar-refractivity contribution in [1.82, 2.24) is 0 Å². The minimum absolute atomic E-state index is 0.0173. The third-order valence-corrected chi connectivity index (χ3v) is 5.45. The highest BCUT2D eigenvalue weighted by Gasteiger charge is 2.67. The van der Waals surface area contributed by atoms with Crippen LogP contribution >= 0.6 is 0 Å². The zero-order valence-corrected chi connectivity index (χ0v) is 9.95. The van der Waals surface area contributed by atoms with E-state index < -0.39 is 5.60 Å². The average Bonchev–Trinajstić information content (AvgIpc) is 2.47. The van der Waals surface area contributed by atoms with Crippen molar-refractivity contribution in [3.8, 4) is 0 Å². The highest BCUT2D eigenvalue weighted by molar-refractivity contribution is 5.24. The van der Waals surface area contributed by atoms with Gasteiger partial charge in [0, 0.05) is 5.41 Å². The van der Waals surface area contributed by atoms with E-state index in [0.717, 1.165) is 12.8 Å². The zero-order chi connectivity index (χ0) is 11.3. The van der Waals surface area contributed by atoms with Crippen LogP contribution in [0.25, 0.3) is 0 Å². The average molecular weight is 210 g/mol. The summed E-state index contributed by atoms with van der Waals surface area (Å²) in [5.41, 5.74) is -0.528. The Kier molecular flexibility index (Phi) is 2.29. The van der Waals surface area contributed by atoms with Crippen LogP contribution in [-0.4, -0.2) is 22.4 Å². The first-order chi connectivity index (χ1) is 6.87. The van der Waals surface area contributed by atoms with Gasteiger partial charge in [-0.3, -0.25) is 0 Å². The van der Waals surface area contributed by atoms with Crippen LogP contribution in [0.5, 0.6) is 0 Å². The molecule has 0 aromatic heterocycles. The summed E-state index contributed by atoms with van der Waals surface area (Å²) >= 11 is 0. The van der Waals surface area contributed by atoms with E-state index in [9.17, 15) is 5.11 Å². The molecule has 2 aliphatic rings. The van der Waals surface area contributed by atoms with E-state index >= 15 is 0 Å². The first-order valence-corrected chi connectivity index (χ1v) is 5.88. The van der Waals surface area contributed by atoms with Gasteiger partial charge in [0.2, 0.25) is 0 Å². The van der Waals surface area contributed by atoms with Gasteiger partial charge in [0.15, 0.2) is 0 Å². The molecule has 0 aliphatic heterocycles. The van der Waals surface area contributed by atoms with Gasteiger partial charge < -0.3 is 10.2 Å². The topological polar surface area (TPSA) is 40.5 Å². The van der Waals surface area contributed by atoms with Crippen molar-refractivity contribution in [2.24, 2.45) is 16.7 Å². The second-order valence-corrected chi connectivity index (χ2v) is 6.00. The third-order valence-electron chi connectivity index (χ3n) is 5.45. The molecule has 2 bridgehead atoms. The maximum absolute atomic E-state index is 10.7. The molecule has 15 heavy (non-hydrogen) atoms. The number of fused-ring (bicyclic) bond motifs is 2. The highest BCUT2D eigenvalue weighted by atomic mass is 16.3. The van der Waals surface area contributed by atoms with Crippen LogP contribution in [0.3, 0.4) is 0 Å². The van der Waals surface area contributed by atoms with Gasteiger partial charge in [0.25, 0.3) is 0 Å². The summed E-state index contributed by atoms with van der Waals surface area (Å²) in [6, 6.07) is 0. The maximum Gasteiger partial charge on any atom is 0.0889 e. The van der Waals surface area contributed by atoms with Gasteiger partial charge in [0.05, 0.1) is 12.2 Å². The Labute approximate surface area is 92.0 Å². The Bertz CT molecular complexity index is 295. The second kappa shape index (κ2) is 3.08. The van der Waals surface area contributed by atoms with Crippen molar-refractivity contribution in [2.45, 2.75) is 45.6 Å². The monoisotopic (exact) mass is 210 g/mol. The van der Waals surface area contributed by atoms with Crippen LogP contribution < -0.4 is 0 Å². The number of hydrogen-bond donors (Lipinski definition) is 2. The molecule has 0 amide bonds. The molecule has 0 heterocycles. The molecule has 0 radical (unpaired) electrons. The molecule has 0 spiro atoms. The summed E-state index contributed by atoms with van der Waals surface area (Å²) in [5.74, 6) is 0.621. The van der Waals surface area contributed by atoms with Crippen molar-refractivity contribution in [3.05, 3.63) is 12.2 Å². The molecule has 2 fully saturated rings. The molecular weight excluding hydrogens is 188 g/mol. The third kappa shape index (κ3) is 1.18. The number of rotatable bonds is 2. The molecule has 3 atom stereocenters. The molecular formula is C13H22O2. The summed E-state index contributed by atoms with van der Waals surface area (Å²) in [4.78, 5) is 0. The van der Waals surface area contributed by atoms with Crippen LogP contribution in [0, 0.1) is 16.7 Å². The SMILES string of the molecule is CC1(C)[C@@H]2CC[C@@]1(C)[C@@](O)(/C=C\CO)C2. The van der Waals surface area contributed by atoms with E-state index in [1.807, 2.05) is 6.08 Å². The van der Waals surface area contributed by atoms with Crippen molar-refractivity contribution in [2.75, 3.05) is 6.61 Å². The first-order valence-electron chi connectivity index (χ1n) is 5.88. The molecule has 2 nitrogen and oxygen atoms in total. The molecule has 0 aromatic rings. The van der Waals surface area contributed by atoms with Crippen molar-refractivity contribution in [1.29, 1.82) is 0 Å². The van der Waals surface area contributed by atoms with Crippen LogP contribution in [0.15, 0.2) is 12.2 Å². The Hall–Kier alpha value is -0.340. The van der Waals surface area contributed by atoms with Crippen LogP contribution in [-0.2, 0) is 0 Å². The lowest BCUT2D eigenvalue weighted by atomic mass is 9.64. The van der Waals surface area contributed by atoms with Crippen molar-refractivity contribution < 1.29 is 10.2 Å². The van der Waals surface area contributed by atoms with Crippen LogP contribution in [0.4, 0.5) is 0 Å². The van der Waals surface area contributed by atoms with Crippen LogP contribution in [0.2, 0.25) is 0 Å². The van der Waals surface area contributed by atoms with E-state index in [4.69, 9.17) is 5.11 Å². The fourth-order valence-corrected chi connectivity index (χ4v) is 3.83. The largest absolute Gasteiger partial charge is 0.392 e. The summed E-state index contributed by atoms with van der Waals surface area (Å²) in [7, 11) is 0. The van der Waals surface area contributed by atoms with Crippen molar-refractivity contribution in [3.63, 3.8) is 0 Å². The zero-order valence-electron chi connectivity index (χ0n) is 9.95. The minimum atomic E-state index is -0.706. The molecule has 2 saturated carbocycles. The fraction of sp³-hybridized carbons (Fsp3) is 0.846. The van der Waals surface area contributed by atoms with Gasteiger partial charge in [-0.05, 0) is 30.6 Å². The van der Waals surface area contributed by atoms with E-state index in [-0.39, 0.29) is 17.4 Å². The Morgan fingerprint density at radius 1 is 1.33 bits per heavy atom. The number of aliphatic hydroxyl groups excluding tert-OH is 1. The Morgan fingerprint density at radius 2 is 2.00 bits per heavy atom. The standard InChI is InChI=1S/C13H22O2/c1-11(2)10-5-7-12(11,3)13(15,9-10)6-4-8-14/h4,6,10,14-15H,5,7-9H2,1-3H3/b6-4-/t10-,12-,13-/m1/s1. The van der Waals surface area contributed by atoms with E-state index in [1.165, 1.54) is 6.42 Å². The lowest BCUT2D eigenvalue weighted by Crippen LogP contribution is -2.45. The molecule has 0 aromatic carbocycles. The van der Waals surface area contributed by atoms with Gasteiger partial charge in [-0.2, -0.15) is 0 Å². The second-order valence-electron chi connectivity index (χ2n) is 6.00. The Balaban J connectivity index is 2.36. The number of hydrogen-bond acceptors (Lipinski definition) is 2. The molecule has 0 saturated heterocycles. The number of aliphatic hydroxyl groups is 2. The lowest BCUT2D eigenvalue weighted by molar-refractivity contribution is -0.0513. The Morgan fingerprint density at radius 3 is 2.40 bits per heavy atom. The summed E-state index contributed by atoms with van der Waals surface area (Å²) in [6.07, 6.45) is 6.69.